The van der Waals surface area contributed by atoms with E-state index in [1.165, 1.54) is 6.92 Å². The monoisotopic (exact) mass is 214 g/mol. The summed E-state index contributed by atoms with van der Waals surface area (Å²) in [5.41, 5.74) is -0.939. The molecule has 1 unspecified atom stereocenters. The lowest BCUT2D eigenvalue weighted by Gasteiger charge is -2.24. The number of carbonyl (C=O) groups is 2. The van der Waals surface area contributed by atoms with Gasteiger partial charge < -0.3 is 4.74 Å². The summed E-state index contributed by atoms with van der Waals surface area (Å²) in [7, 11) is 0. The van der Waals surface area contributed by atoms with Crippen LogP contribution in [-0.2, 0) is 14.3 Å². The van der Waals surface area contributed by atoms with Gasteiger partial charge in [0.1, 0.15) is 11.2 Å². The van der Waals surface area contributed by atoms with Crippen LogP contribution < -0.4 is 0 Å². The number of unbranched alkanes of at least 4 members (excludes halogenated alkanes) is 2. The van der Waals surface area contributed by atoms with Crippen LogP contribution in [0.3, 0.4) is 0 Å². The van der Waals surface area contributed by atoms with Crippen molar-refractivity contribution < 1.29 is 14.3 Å². The minimum absolute atomic E-state index is 0.1000. The fourth-order valence-electron chi connectivity index (χ4n) is 1.44. The molecular weight excluding hydrogens is 192 g/mol. The normalized spacial score (nSPS) is 14.4. The smallest absolute Gasteiger partial charge is 0.319 e. The van der Waals surface area contributed by atoms with E-state index in [9.17, 15) is 9.59 Å². The van der Waals surface area contributed by atoms with Gasteiger partial charge in [-0.1, -0.05) is 26.2 Å². The molecule has 88 valence electrons. The lowest BCUT2D eigenvalue weighted by atomic mass is 9.81. The maximum absolute atomic E-state index is 11.7. The highest BCUT2D eigenvalue weighted by Gasteiger charge is 2.38. The zero-order valence-corrected chi connectivity index (χ0v) is 10.3. The number of ketones is 1. The van der Waals surface area contributed by atoms with Crippen LogP contribution in [0.25, 0.3) is 0 Å². The summed E-state index contributed by atoms with van der Waals surface area (Å²) in [6.45, 7) is 7.32. The average Bonchev–Trinajstić information content (AvgIpc) is 2.18. The summed E-state index contributed by atoms with van der Waals surface area (Å²) in [4.78, 5) is 23.1. The van der Waals surface area contributed by atoms with Crippen LogP contribution in [-0.4, -0.2) is 18.4 Å². The summed E-state index contributed by atoms with van der Waals surface area (Å²) in [6.07, 6.45) is 3.61. The molecule has 0 aromatic carbocycles. The van der Waals surface area contributed by atoms with Gasteiger partial charge in [0.05, 0.1) is 6.61 Å². The Hall–Kier alpha value is -0.860. The number of hydrogen-bond acceptors (Lipinski definition) is 3. The molecule has 0 fully saturated rings. The third-order valence-corrected chi connectivity index (χ3v) is 2.78. The van der Waals surface area contributed by atoms with Gasteiger partial charge in [0.15, 0.2) is 0 Å². The number of Topliss-reactive ketones (excluding diaryl/α,β-unsaturated/α-hetero) is 1. The van der Waals surface area contributed by atoms with Gasteiger partial charge in [-0.15, -0.1) is 0 Å². The van der Waals surface area contributed by atoms with Gasteiger partial charge in [0.25, 0.3) is 0 Å². The van der Waals surface area contributed by atoms with E-state index in [0.29, 0.717) is 13.0 Å². The van der Waals surface area contributed by atoms with Crippen molar-refractivity contribution in [3.05, 3.63) is 0 Å². The number of hydrogen-bond donors (Lipinski definition) is 0. The molecule has 15 heavy (non-hydrogen) atoms. The molecule has 0 spiro atoms. The second kappa shape index (κ2) is 6.59. The third kappa shape index (κ3) is 4.02. The molecule has 0 bridgehead atoms. The predicted octanol–water partition coefficient (Wildman–Crippen LogP) is 2.73. The first-order chi connectivity index (χ1) is 6.99. The molecule has 0 aliphatic carbocycles. The third-order valence-electron chi connectivity index (χ3n) is 2.78. The molecular formula is C12H22O3. The Kier molecular flexibility index (Phi) is 6.21. The van der Waals surface area contributed by atoms with Crippen LogP contribution in [0.5, 0.6) is 0 Å². The van der Waals surface area contributed by atoms with Crippen molar-refractivity contribution in [2.45, 2.75) is 53.4 Å². The molecule has 0 aliphatic rings. The predicted molar refractivity (Wildman–Crippen MR) is 59.6 cm³/mol. The maximum atomic E-state index is 11.7. The van der Waals surface area contributed by atoms with Crippen molar-refractivity contribution in [3.63, 3.8) is 0 Å². The molecule has 0 radical (unpaired) electrons. The van der Waals surface area contributed by atoms with E-state index < -0.39 is 5.41 Å². The van der Waals surface area contributed by atoms with Crippen LogP contribution in [0, 0.1) is 5.41 Å². The zero-order chi connectivity index (χ0) is 11.9. The second-order valence-electron chi connectivity index (χ2n) is 4.07. The van der Waals surface area contributed by atoms with Gasteiger partial charge in [-0.05, 0) is 27.2 Å². The Morgan fingerprint density at radius 2 is 1.80 bits per heavy atom. The van der Waals surface area contributed by atoms with Crippen molar-refractivity contribution in [2.24, 2.45) is 5.41 Å². The first-order valence-electron chi connectivity index (χ1n) is 5.67. The fourth-order valence-corrected chi connectivity index (χ4v) is 1.44. The van der Waals surface area contributed by atoms with E-state index in [4.69, 9.17) is 4.74 Å². The molecule has 0 saturated heterocycles. The van der Waals surface area contributed by atoms with Crippen molar-refractivity contribution >= 4 is 11.8 Å². The molecule has 0 N–H and O–H groups in total. The van der Waals surface area contributed by atoms with Crippen LogP contribution >= 0.6 is 0 Å². The van der Waals surface area contributed by atoms with Crippen LogP contribution in [0.4, 0.5) is 0 Å². The second-order valence-corrected chi connectivity index (χ2v) is 4.07. The van der Waals surface area contributed by atoms with Crippen LogP contribution in [0.15, 0.2) is 0 Å². The fraction of sp³-hybridized carbons (Fsp3) is 0.833. The van der Waals surface area contributed by atoms with E-state index >= 15 is 0 Å². The first-order valence-corrected chi connectivity index (χ1v) is 5.67. The molecule has 3 heteroatoms. The lowest BCUT2D eigenvalue weighted by molar-refractivity contribution is -0.159. The number of carbonyl (C=O) groups excluding carboxylic acids is 2. The molecule has 0 heterocycles. The Bertz CT molecular complexity index is 223. The number of rotatable bonds is 7. The Labute approximate surface area is 92.2 Å². The molecule has 1 atom stereocenters. The maximum Gasteiger partial charge on any atom is 0.319 e. The molecule has 3 nitrogen and oxygen atoms in total. The number of esters is 1. The number of ether oxygens (including phenoxy) is 1. The standard InChI is InChI=1S/C12H22O3/c1-5-7-8-9-12(4,10(3)13)11(14)15-6-2/h5-9H2,1-4H3. The average molecular weight is 214 g/mol. The quantitative estimate of drug-likeness (QED) is 0.372. The summed E-state index contributed by atoms with van der Waals surface area (Å²) in [5, 5.41) is 0. The minimum atomic E-state index is -0.939. The Morgan fingerprint density at radius 1 is 1.20 bits per heavy atom. The lowest BCUT2D eigenvalue weighted by Crippen LogP contribution is -2.36. The van der Waals surface area contributed by atoms with Gasteiger partial charge in [-0.25, -0.2) is 0 Å². The summed E-state index contributed by atoms with van der Waals surface area (Å²) in [6, 6.07) is 0. The van der Waals surface area contributed by atoms with Gasteiger partial charge in [0, 0.05) is 0 Å². The van der Waals surface area contributed by atoms with Crippen LogP contribution in [0.1, 0.15) is 53.4 Å². The van der Waals surface area contributed by atoms with E-state index in [0.717, 1.165) is 19.3 Å². The minimum Gasteiger partial charge on any atom is -0.465 e. The Morgan fingerprint density at radius 3 is 2.20 bits per heavy atom. The van der Waals surface area contributed by atoms with Gasteiger partial charge in [0.2, 0.25) is 0 Å². The molecule has 0 aromatic heterocycles. The molecule has 0 saturated carbocycles. The van der Waals surface area contributed by atoms with Gasteiger partial charge in [-0.3, -0.25) is 9.59 Å². The highest BCUT2D eigenvalue weighted by molar-refractivity contribution is 6.02. The first kappa shape index (κ1) is 14.1. The highest BCUT2D eigenvalue weighted by atomic mass is 16.5. The van der Waals surface area contributed by atoms with E-state index in [-0.39, 0.29) is 11.8 Å². The molecule has 0 aliphatic heterocycles. The van der Waals surface area contributed by atoms with E-state index in [1.54, 1.807) is 13.8 Å². The summed E-state index contributed by atoms with van der Waals surface area (Å²) in [5.74, 6) is -0.481. The zero-order valence-electron chi connectivity index (χ0n) is 10.3. The van der Waals surface area contributed by atoms with E-state index in [1.807, 2.05) is 0 Å². The van der Waals surface area contributed by atoms with Crippen molar-refractivity contribution in [3.8, 4) is 0 Å². The Balaban J connectivity index is 4.44. The largest absolute Gasteiger partial charge is 0.465 e. The summed E-state index contributed by atoms with van der Waals surface area (Å²) >= 11 is 0. The van der Waals surface area contributed by atoms with E-state index in [2.05, 4.69) is 6.92 Å². The molecule has 0 aromatic rings. The molecule has 0 rings (SSSR count). The van der Waals surface area contributed by atoms with Crippen LogP contribution in [0.2, 0.25) is 0 Å². The van der Waals surface area contributed by atoms with Crippen molar-refractivity contribution in [1.82, 2.24) is 0 Å². The highest BCUT2D eigenvalue weighted by Crippen LogP contribution is 2.27. The van der Waals surface area contributed by atoms with Crippen molar-refractivity contribution in [1.29, 1.82) is 0 Å². The SMILES string of the molecule is CCCCCC(C)(C(C)=O)C(=O)OCC. The molecule has 0 amide bonds. The van der Waals surface area contributed by atoms with Crippen molar-refractivity contribution in [2.75, 3.05) is 6.61 Å². The summed E-state index contributed by atoms with van der Waals surface area (Å²) < 4.78 is 4.94. The topological polar surface area (TPSA) is 43.4 Å². The van der Waals surface area contributed by atoms with Gasteiger partial charge >= 0.3 is 5.97 Å². The van der Waals surface area contributed by atoms with Gasteiger partial charge in [-0.2, -0.15) is 0 Å².